The highest BCUT2D eigenvalue weighted by molar-refractivity contribution is 5.65. The Kier molecular flexibility index (Phi) is 12.6. The Hall–Kier alpha value is -3.64. The van der Waals surface area contributed by atoms with Gasteiger partial charge in [0, 0.05) is 39.3 Å². The number of benzene rings is 4. The molecule has 0 heterocycles. The number of aliphatic hydroxyl groups excluding tert-OH is 1. The van der Waals surface area contributed by atoms with Gasteiger partial charge in [0.15, 0.2) is 0 Å². The summed E-state index contributed by atoms with van der Waals surface area (Å²) in [7, 11) is 0. The highest BCUT2D eigenvalue weighted by Gasteiger charge is 2.02. The van der Waals surface area contributed by atoms with Crippen LogP contribution in [0.3, 0.4) is 0 Å². The Morgan fingerprint density at radius 3 is 1.77 bits per heavy atom. The lowest BCUT2D eigenvalue weighted by atomic mass is 10.0. The lowest BCUT2D eigenvalue weighted by Crippen LogP contribution is -2.06. The fraction of sp³-hybridized carbons (Fsp3) is 0.314. The number of aliphatic hydroxyl groups is 1. The van der Waals surface area contributed by atoms with Crippen molar-refractivity contribution >= 4 is 0 Å². The van der Waals surface area contributed by atoms with Crippen molar-refractivity contribution < 1.29 is 24.1 Å². The number of hydrogen-bond acceptors (Lipinski definition) is 5. The lowest BCUT2D eigenvalue weighted by Gasteiger charge is -2.09. The van der Waals surface area contributed by atoms with Crippen LogP contribution in [0.4, 0.5) is 0 Å². The smallest absolute Gasteiger partial charge is 0.119 e. The quantitative estimate of drug-likeness (QED) is 0.135. The molecule has 0 spiro atoms. The van der Waals surface area contributed by atoms with Crippen molar-refractivity contribution in [3.63, 3.8) is 0 Å². The molecule has 0 bridgehead atoms. The minimum atomic E-state index is 0.140. The largest absolute Gasteiger partial charge is 0.494 e. The zero-order valence-electron chi connectivity index (χ0n) is 23.2. The third-order valence-electron chi connectivity index (χ3n) is 6.47. The third-order valence-corrected chi connectivity index (χ3v) is 6.47. The Balaban J connectivity index is 1.01. The maximum atomic E-state index is 8.92. The van der Waals surface area contributed by atoms with Crippen LogP contribution in [0.5, 0.6) is 11.5 Å². The minimum Gasteiger partial charge on any atom is -0.494 e. The van der Waals surface area contributed by atoms with Crippen LogP contribution in [-0.2, 0) is 15.9 Å². The first-order valence-electron chi connectivity index (χ1n) is 14.2. The zero-order valence-corrected chi connectivity index (χ0v) is 23.2. The van der Waals surface area contributed by atoms with Gasteiger partial charge in [0.05, 0.1) is 19.8 Å². The summed E-state index contributed by atoms with van der Waals surface area (Å²) in [6.45, 7) is 4.09. The van der Waals surface area contributed by atoms with Gasteiger partial charge in [-0.05, 0) is 64.9 Å². The predicted molar refractivity (Wildman–Crippen MR) is 161 cm³/mol. The van der Waals surface area contributed by atoms with E-state index in [2.05, 4.69) is 54.6 Å². The Labute approximate surface area is 238 Å². The van der Waals surface area contributed by atoms with Crippen LogP contribution in [0.2, 0.25) is 0 Å². The van der Waals surface area contributed by atoms with Gasteiger partial charge in [-0.1, -0.05) is 78.9 Å². The van der Waals surface area contributed by atoms with Crippen LogP contribution in [0, 0.1) is 0 Å². The van der Waals surface area contributed by atoms with E-state index >= 15 is 0 Å². The van der Waals surface area contributed by atoms with Crippen molar-refractivity contribution in [3.8, 4) is 33.8 Å². The van der Waals surface area contributed by atoms with E-state index in [4.69, 9.17) is 24.1 Å². The molecule has 0 saturated carbocycles. The summed E-state index contributed by atoms with van der Waals surface area (Å²) in [4.78, 5) is 0. The fourth-order valence-corrected chi connectivity index (χ4v) is 4.27. The molecule has 1 N–H and O–H groups in total. The second kappa shape index (κ2) is 17.1. The van der Waals surface area contributed by atoms with E-state index in [1.165, 1.54) is 16.7 Å². The number of hydrogen-bond donors (Lipinski definition) is 1. The maximum absolute atomic E-state index is 8.92. The predicted octanol–water partition coefficient (Wildman–Crippen LogP) is 7.22. The average Bonchev–Trinajstić information content (AvgIpc) is 3.01. The maximum Gasteiger partial charge on any atom is 0.119 e. The van der Waals surface area contributed by atoms with Gasteiger partial charge in [0.1, 0.15) is 11.5 Å². The molecule has 40 heavy (non-hydrogen) atoms. The van der Waals surface area contributed by atoms with Crippen LogP contribution in [-0.4, -0.2) is 51.4 Å². The van der Waals surface area contributed by atoms with Gasteiger partial charge >= 0.3 is 0 Å². The average molecular weight is 541 g/mol. The molecule has 0 amide bonds. The number of rotatable bonds is 18. The van der Waals surface area contributed by atoms with Crippen molar-refractivity contribution in [2.45, 2.75) is 25.7 Å². The van der Waals surface area contributed by atoms with Crippen molar-refractivity contribution in [2.24, 2.45) is 0 Å². The second-order valence-electron chi connectivity index (χ2n) is 9.57. The summed E-state index contributed by atoms with van der Waals surface area (Å²) in [5.41, 5.74) is 5.93. The van der Waals surface area contributed by atoms with E-state index in [0.717, 1.165) is 41.9 Å². The standard InChI is InChI=1S/C35H40O5/c36-21-5-25-40-35-11-4-10-33(28-35)32-14-12-29(13-15-32)20-27-38-23-6-22-37-24-7-26-39-34-18-16-31(17-19-34)30-8-2-1-3-9-30/h1-4,8-19,28,36H,5-7,20-27H2. The fourth-order valence-electron chi connectivity index (χ4n) is 4.27. The highest BCUT2D eigenvalue weighted by Crippen LogP contribution is 2.25. The lowest BCUT2D eigenvalue weighted by molar-refractivity contribution is 0.0785. The summed E-state index contributed by atoms with van der Waals surface area (Å²) in [6, 6.07) is 35.2. The zero-order chi connectivity index (χ0) is 27.7. The van der Waals surface area contributed by atoms with E-state index in [-0.39, 0.29) is 6.61 Å². The van der Waals surface area contributed by atoms with Gasteiger partial charge in [0.2, 0.25) is 0 Å². The van der Waals surface area contributed by atoms with E-state index in [0.29, 0.717) is 46.1 Å². The minimum absolute atomic E-state index is 0.140. The van der Waals surface area contributed by atoms with Gasteiger partial charge in [-0.2, -0.15) is 0 Å². The molecule has 4 aromatic rings. The molecule has 0 aromatic heterocycles. The first kappa shape index (κ1) is 29.3. The van der Waals surface area contributed by atoms with E-state index in [1.807, 2.05) is 48.5 Å². The molecule has 4 rings (SSSR count). The summed E-state index contributed by atoms with van der Waals surface area (Å²) >= 11 is 0. The van der Waals surface area contributed by atoms with Crippen LogP contribution >= 0.6 is 0 Å². The Morgan fingerprint density at radius 2 is 1.02 bits per heavy atom. The van der Waals surface area contributed by atoms with Crippen LogP contribution < -0.4 is 9.47 Å². The first-order chi connectivity index (χ1) is 19.8. The molecule has 4 aromatic carbocycles. The SMILES string of the molecule is OCCCOc1cccc(-c2ccc(CCOCCCOCCCOc3ccc(-c4ccccc4)cc3)cc2)c1. The molecule has 0 radical (unpaired) electrons. The van der Waals surface area contributed by atoms with Crippen molar-refractivity contribution in [3.05, 3.63) is 109 Å². The first-order valence-corrected chi connectivity index (χ1v) is 14.2. The molecule has 0 saturated heterocycles. The molecule has 0 aliphatic rings. The Bertz CT molecular complexity index is 1220. The molecule has 210 valence electrons. The van der Waals surface area contributed by atoms with Gasteiger partial charge < -0.3 is 24.1 Å². The molecule has 0 unspecified atom stereocenters. The van der Waals surface area contributed by atoms with Crippen molar-refractivity contribution in [2.75, 3.05) is 46.2 Å². The summed E-state index contributed by atoms with van der Waals surface area (Å²) in [5, 5.41) is 8.92. The van der Waals surface area contributed by atoms with Crippen LogP contribution in [0.1, 0.15) is 24.8 Å². The summed E-state index contributed by atoms with van der Waals surface area (Å²) in [6.07, 6.45) is 3.26. The third kappa shape index (κ3) is 10.2. The molecule has 0 atom stereocenters. The van der Waals surface area contributed by atoms with Crippen molar-refractivity contribution in [1.82, 2.24) is 0 Å². The van der Waals surface area contributed by atoms with Gasteiger partial charge in [-0.3, -0.25) is 0 Å². The normalized spacial score (nSPS) is 10.9. The van der Waals surface area contributed by atoms with E-state index in [9.17, 15) is 0 Å². The van der Waals surface area contributed by atoms with Gasteiger partial charge in [-0.15, -0.1) is 0 Å². The Morgan fingerprint density at radius 1 is 0.450 bits per heavy atom. The molecular weight excluding hydrogens is 500 g/mol. The monoisotopic (exact) mass is 540 g/mol. The van der Waals surface area contributed by atoms with Crippen LogP contribution in [0.15, 0.2) is 103 Å². The second-order valence-corrected chi connectivity index (χ2v) is 9.57. The molecule has 0 aliphatic heterocycles. The number of ether oxygens (including phenoxy) is 4. The molecule has 0 aliphatic carbocycles. The van der Waals surface area contributed by atoms with E-state index in [1.54, 1.807) is 0 Å². The summed E-state index contributed by atoms with van der Waals surface area (Å²) < 4.78 is 23.1. The molecule has 5 nitrogen and oxygen atoms in total. The van der Waals surface area contributed by atoms with Gasteiger partial charge in [0.25, 0.3) is 0 Å². The topological polar surface area (TPSA) is 57.2 Å². The highest BCUT2D eigenvalue weighted by atomic mass is 16.5. The van der Waals surface area contributed by atoms with Crippen LogP contribution in [0.25, 0.3) is 22.3 Å². The molecule has 5 heteroatoms. The summed E-state index contributed by atoms with van der Waals surface area (Å²) in [5.74, 6) is 1.71. The molecular formula is C35H40O5. The van der Waals surface area contributed by atoms with Gasteiger partial charge in [-0.25, -0.2) is 0 Å². The van der Waals surface area contributed by atoms with E-state index < -0.39 is 0 Å². The van der Waals surface area contributed by atoms with Crippen molar-refractivity contribution in [1.29, 1.82) is 0 Å². The molecule has 0 fully saturated rings.